The normalized spacial score (nSPS) is 14.0. The zero-order chi connectivity index (χ0) is 22.1. The van der Waals surface area contributed by atoms with E-state index in [1.165, 1.54) is 6.92 Å². The van der Waals surface area contributed by atoms with Gasteiger partial charge in [0, 0.05) is 33.5 Å². The van der Waals surface area contributed by atoms with Crippen LogP contribution < -0.4 is 21.3 Å². The molecule has 0 fully saturated rings. The second-order valence-corrected chi connectivity index (χ2v) is 7.56. The van der Waals surface area contributed by atoms with Gasteiger partial charge in [0.2, 0.25) is 17.7 Å². The summed E-state index contributed by atoms with van der Waals surface area (Å²) in [5.74, 6) is 0.0750. The summed E-state index contributed by atoms with van der Waals surface area (Å²) < 4.78 is 5.83. The number of hydrogen-bond donors (Lipinski definition) is 4. The van der Waals surface area contributed by atoms with E-state index in [0.29, 0.717) is 32.6 Å². The van der Waals surface area contributed by atoms with Gasteiger partial charge in [-0.15, -0.1) is 0 Å². The predicted octanol–water partition coefficient (Wildman–Crippen LogP) is 1.20. The first-order valence-electron chi connectivity index (χ1n) is 10.8. The first kappa shape index (κ1) is 27.3. The topological polar surface area (TPSA) is 109 Å². The van der Waals surface area contributed by atoms with E-state index in [9.17, 15) is 14.4 Å². The van der Waals surface area contributed by atoms with Crippen LogP contribution in [0, 0.1) is 11.8 Å². The standard InChI is InChI=1S/C21H42N4O4/c1-6-17(12-20(27)23-5)14-29-15-18(7-2)13-24-21(28)19(25-16(3)26)10-8-9-11-22-4/h17-19,22H,6-15H2,1-5H3,(H,23,27)(H,24,28)(H,25,26)/t17?,18?,19-/m0/s1. The number of amides is 3. The number of carbonyl (C=O) groups excluding carboxylic acids is 3. The summed E-state index contributed by atoms with van der Waals surface area (Å²) in [5, 5.41) is 11.4. The van der Waals surface area contributed by atoms with Crippen molar-refractivity contribution in [2.75, 3.05) is 40.4 Å². The van der Waals surface area contributed by atoms with E-state index in [1.807, 2.05) is 14.0 Å². The number of rotatable bonds is 17. The van der Waals surface area contributed by atoms with E-state index < -0.39 is 6.04 Å². The summed E-state index contributed by atoms with van der Waals surface area (Å²) in [5.41, 5.74) is 0. The smallest absolute Gasteiger partial charge is 0.242 e. The van der Waals surface area contributed by atoms with Gasteiger partial charge >= 0.3 is 0 Å². The lowest BCUT2D eigenvalue weighted by molar-refractivity contribution is -0.128. The molecule has 0 rings (SSSR count). The van der Waals surface area contributed by atoms with E-state index >= 15 is 0 Å². The molecule has 0 spiro atoms. The van der Waals surface area contributed by atoms with Crippen LogP contribution in [0.4, 0.5) is 0 Å². The molecule has 8 heteroatoms. The van der Waals surface area contributed by atoms with Crippen LogP contribution in [0.15, 0.2) is 0 Å². The molecular formula is C21H42N4O4. The lowest BCUT2D eigenvalue weighted by atomic mass is 10.0. The number of nitrogens with one attached hydrogen (secondary N) is 4. The Labute approximate surface area is 176 Å². The van der Waals surface area contributed by atoms with Gasteiger partial charge in [-0.2, -0.15) is 0 Å². The maximum Gasteiger partial charge on any atom is 0.242 e. The summed E-state index contributed by atoms with van der Waals surface area (Å²) in [6.45, 7) is 8.01. The van der Waals surface area contributed by atoms with Gasteiger partial charge in [0.1, 0.15) is 6.04 Å². The van der Waals surface area contributed by atoms with Crippen LogP contribution in [0.5, 0.6) is 0 Å². The lowest BCUT2D eigenvalue weighted by Gasteiger charge is -2.21. The largest absolute Gasteiger partial charge is 0.381 e. The van der Waals surface area contributed by atoms with Crippen molar-refractivity contribution < 1.29 is 19.1 Å². The molecule has 0 saturated heterocycles. The molecule has 0 aromatic heterocycles. The summed E-state index contributed by atoms with van der Waals surface area (Å²) in [4.78, 5) is 35.5. The third-order valence-electron chi connectivity index (χ3n) is 5.04. The van der Waals surface area contributed by atoms with Crippen molar-refractivity contribution in [3.8, 4) is 0 Å². The second kappa shape index (κ2) is 17.2. The highest BCUT2D eigenvalue weighted by atomic mass is 16.5. The summed E-state index contributed by atoms with van der Waals surface area (Å²) in [7, 11) is 3.53. The average Bonchev–Trinajstić information content (AvgIpc) is 2.70. The average molecular weight is 415 g/mol. The van der Waals surface area contributed by atoms with Crippen LogP contribution in [0.3, 0.4) is 0 Å². The minimum Gasteiger partial charge on any atom is -0.381 e. The molecule has 29 heavy (non-hydrogen) atoms. The monoisotopic (exact) mass is 414 g/mol. The molecule has 0 bridgehead atoms. The Hall–Kier alpha value is -1.67. The fraction of sp³-hybridized carbons (Fsp3) is 0.857. The number of carbonyl (C=O) groups is 3. The molecule has 0 aromatic carbocycles. The van der Waals surface area contributed by atoms with Crippen LogP contribution in [-0.4, -0.2) is 64.2 Å². The third-order valence-corrected chi connectivity index (χ3v) is 5.04. The van der Waals surface area contributed by atoms with Gasteiger partial charge in [0.05, 0.1) is 6.61 Å². The molecule has 0 aliphatic rings. The molecule has 3 atom stereocenters. The SMILES string of the molecule is CCC(CNC(=O)[C@H](CCCCNC)NC(C)=O)COCC(CC)CC(=O)NC. The van der Waals surface area contributed by atoms with Crippen molar-refractivity contribution in [2.45, 2.75) is 65.3 Å². The molecule has 4 N–H and O–H groups in total. The Morgan fingerprint density at radius 3 is 2.17 bits per heavy atom. The zero-order valence-electron chi connectivity index (χ0n) is 18.9. The first-order chi connectivity index (χ1) is 13.9. The molecule has 0 heterocycles. The van der Waals surface area contributed by atoms with Gasteiger partial charge in [0.15, 0.2) is 0 Å². The maximum absolute atomic E-state index is 12.5. The molecule has 3 amide bonds. The van der Waals surface area contributed by atoms with Gasteiger partial charge in [-0.25, -0.2) is 0 Å². The van der Waals surface area contributed by atoms with Gasteiger partial charge in [-0.3, -0.25) is 14.4 Å². The van der Waals surface area contributed by atoms with Crippen LogP contribution in [0.2, 0.25) is 0 Å². The van der Waals surface area contributed by atoms with Crippen molar-refractivity contribution in [1.82, 2.24) is 21.3 Å². The fourth-order valence-corrected chi connectivity index (χ4v) is 2.94. The zero-order valence-corrected chi connectivity index (χ0v) is 18.9. The number of ether oxygens (including phenoxy) is 1. The lowest BCUT2D eigenvalue weighted by Crippen LogP contribution is -2.47. The molecule has 2 unspecified atom stereocenters. The summed E-state index contributed by atoms with van der Waals surface area (Å²) in [6, 6.07) is -0.500. The predicted molar refractivity (Wildman–Crippen MR) is 115 cm³/mol. The highest BCUT2D eigenvalue weighted by Crippen LogP contribution is 2.11. The van der Waals surface area contributed by atoms with Gasteiger partial charge in [0.25, 0.3) is 0 Å². The molecule has 0 aliphatic heterocycles. The van der Waals surface area contributed by atoms with Crippen LogP contribution in [0.1, 0.15) is 59.3 Å². The van der Waals surface area contributed by atoms with E-state index in [4.69, 9.17) is 4.74 Å². The van der Waals surface area contributed by atoms with Crippen molar-refractivity contribution in [1.29, 1.82) is 0 Å². The molecular weight excluding hydrogens is 372 g/mol. The highest BCUT2D eigenvalue weighted by molar-refractivity contribution is 5.86. The van der Waals surface area contributed by atoms with Gasteiger partial charge < -0.3 is 26.0 Å². The highest BCUT2D eigenvalue weighted by Gasteiger charge is 2.20. The van der Waals surface area contributed by atoms with Crippen molar-refractivity contribution in [2.24, 2.45) is 11.8 Å². The Balaban J connectivity index is 4.39. The minimum atomic E-state index is -0.500. The van der Waals surface area contributed by atoms with Crippen molar-refractivity contribution in [3.63, 3.8) is 0 Å². The van der Waals surface area contributed by atoms with E-state index in [1.54, 1.807) is 7.05 Å². The quantitative estimate of drug-likeness (QED) is 0.268. The first-order valence-corrected chi connectivity index (χ1v) is 10.8. The minimum absolute atomic E-state index is 0.0264. The summed E-state index contributed by atoms with van der Waals surface area (Å²) in [6.07, 6.45) is 4.67. The second-order valence-electron chi connectivity index (χ2n) is 7.56. The van der Waals surface area contributed by atoms with Crippen molar-refractivity contribution >= 4 is 17.7 Å². The molecule has 0 radical (unpaired) electrons. The number of unbranched alkanes of at least 4 members (excludes halogenated alkanes) is 1. The van der Waals surface area contributed by atoms with Crippen LogP contribution >= 0.6 is 0 Å². The van der Waals surface area contributed by atoms with Gasteiger partial charge in [-0.1, -0.05) is 20.3 Å². The van der Waals surface area contributed by atoms with E-state index in [-0.39, 0.29) is 29.6 Å². The van der Waals surface area contributed by atoms with Crippen molar-refractivity contribution in [3.05, 3.63) is 0 Å². The third kappa shape index (κ3) is 14.0. The van der Waals surface area contributed by atoms with Crippen LogP contribution in [-0.2, 0) is 19.1 Å². The van der Waals surface area contributed by atoms with Crippen LogP contribution in [0.25, 0.3) is 0 Å². The Bertz CT molecular complexity index is 474. The van der Waals surface area contributed by atoms with E-state index in [0.717, 1.165) is 32.2 Å². The maximum atomic E-state index is 12.5. The molecule has 170 valence electrons. The van der Waals surface area contributed by atoms with E-state index in [2.05, 4.69) is 28.2 Å². The summed E-state index contributed by atoms with van der Waals surface area (Å²) >= 11 is 0. The van der Waals surface area contributed by atoms with Gasteiger partial charge in [-0.05, 0) is 51.1 Å². The Kier molecular flexibility index (Phi) is 16.2. The molecule has 0 aromatic rings. The molecule has 0 saturated carbocycles. The molecule has 0 aliphatic carbocycles. The number of hydrogen-bond acceptors (Lipinski definition) is 5. The Morgan fingerprint density at radius 1 is 0.966 bits per heavy atom. The Morgan fingerprint density at radius 2 is 1.62 bits per heavy atom. The fourth-order valence-electron chi connectivity index (χ4n) is 2.94. The molecule has 8 nitrogen and oxygen atoms in total.